The molecular formula is C8H5N5S2. The van der Waals surface area contributed by atoms with Gasteiger partial charge in [-0.15, -0.1) is 24.0 Å². The lowest BCUT2D eigenvalue weighted by atomic mass is 10.4. The Morgan fingerprint density at radius 2 is 2.13 bits per heavy atom. The SMILES string of the molecule is Sc1ncc2ncnc-2n1-c1nccs1. The minimum atomic E-state index is 0.554. The predicted octanol–water partition coefficient (Wildman–Crippen LogP) is 1.51. The van der Waals surface area contributed by atoms with E-state index in [4.69, 9.17) is 0 Å². The topological polar surface area (TPSA) is 56.5 Å². The van der Waals surface area contributed by atoms with Crippen LogP contribution in [0.25, 0.3) is 16.6 Å². The fraction of sp³-hybridized carbons (Fsp3) is 0. The van der Waals surface area contributed by atoms with Crippen molar-refractivity contribution in [3.8, 4) is 16.6 Å². The highest BCUT2D eigenvalue weighted by molar-refractivity contribution is 7.80. The molecule has 0 saturated carbocycles. The summed E-state index contributed by atoms with van der Waals surface area (Å²) in [6.45, 7) is 0. The highest BCUT2D eigenvalue weighted by Crippen LogP contribution is 2.24. The van der Waals surface area contributed by atoms with E-state index in [0.29, 0.717) is 5.16 Å². The molecule has 0 bridgehead atoms. The smallest absolute Gasteiger partial charge is 0.197 e. The molecule has 0 atom stereocenters. The van der Waals surface area contributed by atoms with Crippen molar-refractivity contribution in [2.75, 3.05) is 0 Å². The van der Waals surface area contributed by atoms with Crippen molar-refractivity contribution in [2.45, 2.75) is 5.16 Å². The van der Waals surface area contributed by atoms with Crippen molar-refractivity contribution >= 4 is 24.0 Å². The molecule has 0 amide bonds. The second-order valence-corrected chi connectivity index (χ2v) is 4.06. The van der Waals surface area contributed by atoms with Crippen molar-refractivity contribution in [1.82, 2.24) is 24.5 Å². The van der Waals surface area contributed by atoms with Crippen LogP contribution in [0.2, 0.25) is 0 Å². The molecule has 0 fully saturated rings. The Hall–Kier alpha value is -1.47. The second kappa shape index (κ2) is 3.28. The van der Waals surface area contributed by atoms with Crippen LogP contribution in [0, 0.1) is 0 Å². The van der Waals surface area contributed by atoms with Gasteiger partial charge < -0.3 is 0 Å². The summed E-state index contributed by atoms with van der Waals surface area (Å²) in [5, 5.41) is 3.24. The number of rotatable bonds is 1. The van der Waals surface area contributed by atoms with Gasteiger partial charge in [0.15, 0.2) is 16.1 Å². The van der Waals surface area contributed by atoms with Gasteiger partial charge in [0.05, 0.1) is 6.20 Å². The van der Waals surface area contributed by atoms with Crippen LogP contribution in [0.3, 0.4) is 0 Å². The largest absolute Gasteiger partial charge is 0.246 e. The first-order valence-electron chi connectivity index (χ1n) is 4.13. The number of thiol groups is 1. The molecule has 2 aliphatic rings. The summed E-state index contributed by atoms with van der Waals surface area (Å²) in [5.74, 6) is 0.727. The van der Waals surface area contributed by atoms with Crippen LogP contribution >= 0.6 is 24.0 Å². The Morgan fingerprint density at radius 3 is 2.93 bits per heavy atom. The molecule has 0 unspecified atom stereocenters. The van der Waals surface area contributed by atoms with E-state index < -0.39 is 0 Å². The molecule has 15 heavy (non-hydrogen) atoms. The maximum atomic E-state index is 4.29. The number of aromatic nitrogens is 5. The fourth-order valence-electron chi connectivity index (χ4n) is 1.31. The van der Waals surface area contributed by atoms with E-state index in [9.17, 15) is 0 Å². The predicted molar refractivity (Wildman–Crippen MR) is 58.7 cm³/mol. The summed E-state index contributed by atoms with van der Waals surface area (Å²) in [5.41, 5.74) is 0.739. The zero-order chi connectivity index (χ0) is 10.3. The number of nitrogens with zero attached hydrogens (tertiary/aromatic N) is 5. The summed E-state index contributed by atoms with van der Waals surface area (Å²) < 4.78 is 1.77. The standard InChI is InChI=1S/C8H5N5S2/c14-7-10-3-5-6(12-4-11-5)13(7)8-9-1-2-15-8/h1-4H,(H,10,14). The van der Waals surface area contributed by atoms with Crippen LogP contribution in [0.1, 0.15) is 0 Å². The number of hydrogen-bond acceptors (Lipinski definition) is 6. The number of hydrogen-bond donors (Lipinski definition) is 1. The first kappa shape index (κ1) is 8.81. The molecule has 1 aromatic rings. The number of fused-ring (bicyclic) bond motifs is 1. The highest BCUT2D eigenvalue weighted by Gasteiger charge is 2.15. The summed E-state index contributed by atoms with van der Waals surface area (Å²) in [4.78, 5) is 16.6. The van der Waals surface area contributed by atoms with Gasteiger partial charge in [-0.1, -0.05) is 0 Å². The van der Waals surface area contributed by atoms with Gasteiger partial charge in [0.2, 0.25) is 0 Å². The average Bonchev–Trinajstić information content (AvgIpc) is 2.85. The molecule has 0 N–H and O–H groups in total. The maximum absolute atomic E-state index is 4.29. The van der Waals surface area contributed by atoms with Crippen LogP contribution in [0.4, 0.5) is 0 Å². The fourth-order valence-corrected chi connectivity index (χ4v) is 2.27. The van der Waals surface area contributed by atoms with E-state index in [-0.39, 0.29) is 0 Å². The van der Waals surface area contributed by atoms with E-state index in [1.807, 2.05) is 5.38 Å². The third kappa shape index (κ3) is 1.31. The highest BCUT2D eigenvalue weighted by atomic mass is 32.1. The summed E-state index contributed by atoms with van der Waals surface area (Å²) >= 11 is 5.79. The van der Waals surface area contributed by atoms with Crippen LogP contribution in [-0.2, 0) is 0 Å². The Labute approximate surface area is 94.6 Å². The van der Waals surface area contributed by atoms with Crippen molar-refractivity contribution in [2.24, 2.45) is 0 Å². The van der Waals surface area contributed by atoms with Gasteiger partial charge in [0, 0.05) is 11.6 Å². The van der Waals surface area contributed by atoms with Gasteiger partial charge in [-0.25, -0.2) is 24.5 Å². The van der Waals surface area contributed by atoms with Gasteiger partial charge in [-0.3, -0.25) is 0 Å². The third-order valence-corrected chi connectivity index (χ3v) is 3.00. The zero-order valence-electron chi connectivity index (χ0n) is 7.40. The molecule has 1 aromatic heterocycles. The van der Waals surface area contributed by atoms with Crippen LogP contribution < -0.4 is 0 Å². The van der Waals surface area contributed by atoms with E-state index in [0.717, 1.165) is 16.6 Å². The van der Waals surface area contributed by atoms with Crippen molar-refractivity contribution < 1.29 is 0 Å². The minimum absolute atomic E-state index is 0.554. The van der Waals surface area contributed by atoms with Crippen LogP contribution in [0.15, 0.2) is 29.3 Å². The van der Waals surface area contributed by atoms with E-state index in [2.05, 4.69) is 32.6 Å². The molecule has 2 aliphatic heterocycles. The quantitative estimate of drug-likeness (QED) is 0.513. The molecule has 0 spiro atoms. The third-order valence-electron chi connectivity index (χ3n) is 1.93. The molecule has 0 saturated heterocycles. The van der Waals surface area contributed by atoms with Crippen LogP contribution in [0.5, 0.6) is 0 Å². The number of thiazole rings is 1. The summed E-state index contributed by atoms with van der Waals surface area (Å²) in [6.07, 6.45) is 4.88. The molecule has 0 aliphatic carbocycles. The normalized spacial score (nSPS) is 11.0. The first-order chi connectivity index (χ1) is 7.36. The van der Waals surface area contributed by atoms with Gasteiger partial charge in [-0.05, 0) is 0 Å². The van der Waals surface area contributed by atoms with Crippen LogP contribution in [-0.4, -0.2) is 24.5 Å². The first-order valence-corrected chi connectivity index (χ1v) is 5.46. The summed E-state index contributed by atoms with van der Waals surface area (Å²) in [6, 6.07) is 0. The molecular weight excluding hydrogens is 230 g/mol. The Bertz CT molecular complexity index is 559. The molecule has 0 radical (unpaired) electrons. The van der Waals surface area contributed by atoms with Crippen molar-refractivity contribution in [3.63, 3.8) is 0 Å². The minimum Gasteiger partial charge on any atom is -0.246 e. The molecule has 7 heteroatoms. The Kier molecular flexibility index (Phi) is 1.93. The molecule has 5 nitrogen and oxygen atoms in total. The van der Waals surface area contributed by atoms with Gasteiger partial charge in [0.25, 0.3) is 0 Å². The lowest BCUT2D eigenvalue weighted by Crippen LogP contribution is -2.04. The lowest BCUT2D eigenvalue weighted by Gasteiger charge is -2.08. The van der Waals surface area contributed by atoms with E-state index in [1.165, 1.54) is 17.7 Å². The Morgan fingerprint density at radius 1 is 1.20 bits per heavy atom. The zero-order valence-corrected chi connectivity index (χ0v) is 9.11. The van der Waals surface area contributed by atoms with E-state index >= 15 is 0 Å². The Balaban J connectivity index is 2.35. The summed E-state index contributed by atoms with van der Waals surface area (Å²) in [7, 11) is 0. The molecule has 74 valence electrons. The van der Waals surface area contributed by atoms with Crippen molar-refractivity contribution in [3.05, 3.63) is 24.1 Å². The second-order valence-electron chi connectivity index (χ2n) is 2.79. The van der Waals surface area contributed by atoms with Crippen molar-refractivity contribution in [1.29, 1.82) is 0 Å². The van der Waals surface area contributed by atoms with Gasteiger partial charge >= 0.3 is 0 Å². The number of imidazole rings is 1. The average molecular weight is 235 g/mol. The van der Waals surface area contributed by atoms with E-state index in [1.54, 1.807) is 17.0 Å². The van der Waals surface area contributed by atoms with Gasteiger partial charge in [0.1, 0.15) is 12.0 Å². The lowest BCUT2D eigenvalue weighted by molar-refractivity contribution is 0.816. The molecule has 3 heterocycles. The molecule has 3 rings (SSSR count). The molecule has 0 aromatic carbocycles. The van der Waals surface area contributed by atoms with Gasteiger partial charge in [-0.2, -0.15) is 0 Å². The maximum Gasteiger partial charge on any atom is 0.197 e. The monoisotopic (exact) mass is 235 g/mol.